The lowest BCUT2D eigenvalue weighted by atomic mass is 9.65. The van der Waals surface area contributed by atoms with Crippen molar-refractivity contribution in [2.45, 2.75) is 33.6 Å². The van der Waals surface area contributed by atoms with E-state index in [0.717, 1.165) is 19.1 Å². The fraction of sp³-hybridized carbons (Fsp3) is 0.800. The number of Topliss-reactive ketones (excluding diaryl/α,β-unsaturated/α-hetero) is 1. The number of hydrogen-bond donors (Lipinski definition) is 0. The molecule has 1 rings (SSSR count). The molecular weight excluding hydrogens is 152 g/mol. The monoisotopic (exact) mass is 168 g/mol. The largest absolute Gasteiger partial charge is 0.303 e. The van der Waals surface area contributed by atoms with Crippen LogP contribution in [0.25, 0.3) is 0 Å². The van der Waals surface area contributed by atoms with Crippen LogP contribution in [0.3, 0.4) is 0 Å². The van der Waals surface area contributed by atoms with E-state index in [0.29, 0.717) is 5.92 Å². The second kappa shape index (κ2) is 3.00. The molecule has 0 amide bonds. The molecule has 0 aromatic heterocycles. The molecule has 0 aromatic rings. The van der Waals surface area contributed by atoms with Crippen molar-refractivity contribution in [3.05, 3.63) is 0 Å². The fourth-order valence-corrected chi connectivity index (χ4v) is 1.77. The van der Waals surface area contributed by atoms with Crippen molar-refractivity contribution in [2.24, 2.45) is 17.3 Å². The highest BCUT2D eigenvalue weighted by Crippen LogP contribution is 2.39. The van der Waals surface area contributed by atoms with Crippen LogP contribution >= 0.6 is 0 Å². The van der Waals surface area contributed by atoms with Gasteiger partial charge in [-0.25, -0.2) is 0 Å². The highest BCUT2D eigenvalue weighted by atomic mass is 16.1. The Morgan fingerprint density at radius 3 is 2.50 bits per heavy atom. The predicted molar refractivity (Wildman–Crippen MR) is 46.7 cm³/mol. The number of rotatable bonds is 1. The molecule has 2 heteroatoms. The van der Waals surface area contributed by atoms with Gasteiger partial charge in [-0.3, -0.25) is 4.79 Å². The maximum atomic E-state index is 11.7. The van der Waals surface area contributed by atoms with Gasteiger partial charge in [-0.05, 0) is 18.8 Å². The van der Waals surface area contributed by atoms with Gasteiger partial charge in [-0.15, -0.1) is 0 Å². The van der Waals surface area contributed by atoms with E-state index in [1.165, 1.54) is 0 Å². The second-order valence-corrected chi connectivity index (χ2v) is 4.31. The van der Waals surface area contributed by atoms with Crippen LogP contribution in [0.1, 0.15) is 33.6 Å². The molecule has 1 fully saturated rings. The van der Waals surface area contributed by atoms with Crippen LogP contribution < -0.4 is 0 Å². The van der Waals surface area contributed by atoms with E-state index >= 15 is 0 Å². The standard InChI is InChI=1S/C10H16O2/c1-7-4-5-8(6-11)9(12)10(7,2)3/h6-8H,4-5H2,1-3H3/t7-,8?/m1/s1. The molecule has 0 spiro atoms. The summed E-state index contributed by atoms with van der Waals surface area (Å²) in [4.78, 5) is 22.2. The molecule has 0 heterocycles. The van der Waals surface area contributed by atoms with Crippen molar-refractivity contribution in [3.8, 4) is 0 Å². The number of carbonyl (C=O) groups is 2. The molecule has 12 heavy (non-hydrogen) atoms. The first-order chi connectivity index (χ1) is 5.50. The first-order valence-electron chi connectivity index (χ1n) is 4.49. The van der Waals surface area contributed by atoms with Gasteiger partial charge >= 0.3 is 0 Å². The van der Waals surface area contributed by atoms with E-state index in [1.54, 1.807) is 0 Å². The number of aldehydes is 1. The number of ketones is 1. The minimum atomic E-state index is -0.337. The number of carbonyl (C=O) groups excluding carboxylic acids is 2. The van der Waals surface area contributed by atoms with Gasteiger partial charge in [0.15, 0.2) is 0 Å². The third-order valence-corrected chi connectivity index (χ3v) is 3.28. The summed E-state index contributed by atoms with van der Waals surface area (Å²) in [7, 11) is 0. The van der Waals surface area contributed by atoms with Crippen molar-refractivity contribution < 1.29 is 9.59 Å². The molecule has 1 unspecified atom stereocenters. The smallest absolute Gasteiger partial charge is 0.148 e. The normalized spacial score (nSPS) is 34.8. The predicted octanol–water partition coefficient (Wildman–Crippen LogP) is 1.83. The average molecular weight is 168 g/mol. The van der Waals surface area contributed by atoms with Crippen LogP contribution in [-0.4, -0.2) is 12.1 Å². The van der Waals surface area contributed by atoms with E-state index in [4.69, 9.17) is 0 Å². The Morgan fingerprint density at radius 1 is 1.42 bits per heavy atom. The van der Waals surface area contributed by atoms with Crippen LogP contribution in [0.5, 0.6) is 0 Å². The fourth-order valence-electron chi connectivity index (χ4n) is 1.77. The molecule has 0 bridgehead atoms. The molecule has 2 atom stereocenters. The van der Waals surface area contributed by atoms with Crippen molar-refractivity contribution in [3.63, 3.8) is 0 Å². The summed E-state index contributed by atoms with van der Waals surface area (Å²) >= 11 is 0. The lowest BCUT2D eigenvalue weighted by Crippen LogP contribution is -2.41. The first kappa shape index (κ1) is 9.43. The summed E-state index contributed by atoms with van der Waals surface area (Å²) in [5.41, 5.74) is -0.302. The molecule has 1 saturated carbocycles. The summed E-state index contributed by atoms with van der Waals surface area (Å²) in [6.07, 6.45) is 2.53. The van der Waals surface area contributed by atoms with E-state index in [2.05, 4.69) is 6.92 Å². The molecule has 0 saturated heterocycles. The minimum absolute atomic E-state index is 0.122. The van der Waals surface area contributed by atoms with Crippen molar-refractivity contribution in [1.29, 1.82) is 0 Å². The Morgan fingerprint density at radius 2 is 2.00 bits per heavy atom. The molecule has 0 N–H and O–H groups in total. The van der Waals surface area contributed by atoms with Crippen molar-refractivity contribution >= 4 is 12.1 Å². The van der Waals surface area contributed by atoms with Crippen LogP contribution in [0.2, 0.25) is 0 Å². The molecule has 0 aromatic carbocycles. The molecular formula is C10H16O2. The van der Waals surface area contributed by atoms with Gasteiger partial charge in [0.05, 0.1) is 5.92 Å². The topological polar surface area (TPSA) is 34.1 Å². The van der Waals surface area contributed by atoms with E-state index < -0.39 is 0 Å². The van der Waals surface area contributed by atoms with Gasteiger partial charge < -0.3 is 4.79 Å². The van der Waals surface area contributed by atoms with Gasteiger partial charge in [-0.2, -0.15) is 0 Å². The molecule has 0 radical (unpaired) electrons. The van der Waals surface area contributed by atoms with E-state index in [-0.39, 0.29) is 17.1 Å². The van der Waals surface area contributed by atoms with Crippen molar-refractivity contribution in [2.75, 3.05) is 0 Å². The average Bonchev–Trinajstić information content (AvgIpc) is 2.02. The summed E-state index contributed by atoms with van der Waals surface area (Å²) < 4.78 is 0. The van der Waals surface area contributed by atoms with Gasteiger partial charge in [0.25, 0.3) is 0 Å². The molecule has 1 aliphatic carbocycles. The highest BCUT2D eigenvalue weighted by Gasteiger charge is 2.41. The van der Waals surface area contributed by atoms with Gasteiger partial charge in [-0.1, -0.05) is 20.8 Å². The Hall–Kier alpha value is -0.660. The maximum absolute atomic E-state index is 11.7. The summed E-state index contributed by atoms with van der Waals surface area (Å²) in [5, 5.41) is 0. The minimum Gasteiger partial charge on any atom is -0.303 e. The molecule has 0 aliphatic heterocycles. The third kappa shape index (κ3) is 1.30. The van der Waals surface area contributed by atoms with Crippen LogP contribution in [0.15, 0.2) is 0 Å². The molecule has 68 valence electrons. The van der Waals surface area contributed by atoms with Gasteiger partial charge in [0, 0.05) is 5.41 Å². The Labute approximate surface area is 73.3 Å². The van der Waals surface area contributed by atoms with Crippen LogP contribution in [0, 0.1) is 17.3 Å². The lowest BCUT2D eigenvalue weighted by molar-refractivity contribution is -0.140. The number of hydrogen-bond acceptors (Lipinski definition) is 2. The first-order valence-corrected chi connectivity index (χ1v) is 4.49. The Kier molecular flexibility index (Phi) is 2.36. The zero-order valence-electron chi connectivity index (χ0n) is 7.96. The van der Waals surface area contributed by atoms with Crippen LogP contribution in [-0.2, 0) is 9.59 Å². The SMILES string of the molecule is C[C@@H]1CCC(C=O)C(=O)C1(C)C. The van der Waals surface area contributed by atoms with Crippen LogP contribution in [0.4, 0.5) is 0 Å². The zero-order valence-corrected chi connectivity index (χ0v) is 7.96. The van der Waals surface area contributed by atoms with E-state index in [9.17, 15) is 9.59 Å². The quantitative estimate of drug-likeness (QED) is 0.442. The third-order valence-electron chi connectivity index (χ3n) is 3.28. The van der Waals surface area contributed by atoms with E-state index in [1.807, 2.05) is 13.8 Å². The van der Waals surface area contributed by atoms with Crippen molar-refractivity contribution in [1.82, 2.24) is 0 Å². The Bertz CT molecular complexity index is 206. The summed E-state index contributed by atoms with van der Waals surface area (Å²) in [5.74, 6) is 0.189. The zero-order chi connectivity index (χ0) is 9.35. The second-order valence-electron chi connectivity index (χ2n) is 4.31. The summed E-state index contributed by atoms with van der Waals surface area (Å²) in [6, 6.07) is 0. The maximum Gasteiger partial charge on any atom is 0.148 e. The Balaban J connectivity index is 2.85. The van der Waals surface area contributed by atoms with Gasteiger partial charge in [0.1, 0.15) is 12.1 Å². The van der Waals surface area contributed by atoms with Gasteiger partial charge in [0.2, 0.25) is 0 Å². The summed E-state index contributed by atoms with van der Waals surface area (Å²) in [6.45, 7) is 5.96. The highest BCUT2D eigenvalue weighted by molar-refractivity contribution is 5.97. The molecule has 1 aliphatic rings. The lowest BCUT2D eigenvalue weighted by Gasteiger charge is -2.37. The molecule has 2 nitrogen and oxygen atoms in total.